The molecular formula is C16H25N3. The monoisotopic (exact) mass is 259 g/mol. The zero-order valence-electron chi connectivity index (χ0n) is 11.9. The van der Waals surface area contributed by atoms with E-state index in [0.717, 1.165) is 18.5 Å². The number of rotatable bonds is 3. The first-order valence-electron chi connectivity index (χ1n) is 7.68. The van der Waals surface area contributed by atoms with Crippen LogP contribution in [0.4, 0.5) is 0 Å². The highest BCUT2D eigenvalue weighted by molar-refractivity contribution is 5.12. The summed E-state index contributed by atoms with van der Waals surface area (Å²) >= 11 is 0. The Balaban J connectivity index is 1.57. The van der Waals surface area contributed by atoms with E-state index in [9.17, 15) is 0 Å². The maximum absolute atomic E-state index is 4.54. The minimum atomic E-state index is 0.772. The molecule has 3 heterocycles. The predicted octanol–water partition coefficient (Wildman–Crippen LogP) is 2.35. The van der Waals surface area contributed by atoms with Gasteiger partial charge in [-0.15, -0.1) is 0 Å². The van der Waals surface area contributed by atoms with Gasteiger partial charge in [-0.05, 0) is 63.2 Å². The van der Waals surface area contributed by atoms with Gasteiger partial charge in [-0.2, -0.15) is 0 Å². The topological polar surface area (TPSA) is 28.2 Å². The van der Waals surface area contributed by atoms with Crippen LogP contribution in [0.2, 0.25) is 0 Å². The molecule has 2 unspecified atom stereocenters. The van der Waals surface area contributed by atoms with Crippen molar-refractivity contribution in [1.82, 2.24) is 15.2 Å². The minimum absolute atomic E-state index is 0.772. The quantitative estimate of drug-likeness (QED) is 0.903. The van der Waals surface area contributed by atoms with Crippen molar-refractivity contribution in [2.75, 3.05) is 19.6 Å². The number of nitrogens with zero attached hydrogens (tertiary/aromatic N) is 2. The Kier molecular flexibility index (Phi) is 4.14. The number of nitrogens with one attached hydrogen (secondary N) is 1. The number of aryl methyl sites for hydroxylation is 1. The van der Waals surface area contributed by atoms with Gasteiger partial charge in [-0.1, -0.05) is 6.07 Å². The minimum Gasteiger partial charge on any atom is -0.314 e. The summed E-state index contributed by atoms with van der Waals surface area (Å²) < 4.78 is 0. The average molecular weight is 259 g/mol. The van der Waals surface area contributed by atoms with Crippen LogP contribution in [0.5, 0.6) is 0 Å². The summed E-state index contributed by atoms with van der Waals surface area (Å²) in [6.45, 7) is 6.82. The molecule has 0 aromatic carbocycles. The molecule has 0 aliphatic carbocycles. The molecule has 2 aliphatic heterocycles. The first-order chi connectivity index (χ1) is 9.31. The summed E-state index contributed by atoms with van der Waals surface area (Å²) in [6, 6.07) is 5.11. The Hall–Kier alpha value is -0.930. The first-order valence-corrected chi connectivity index (χ1v) is 7.68. The summed E-state index contributed by atoms with van der Waals surface area (Å²) in [4.78, 5) is 7.13. The molecule has 1 N–H and O–H groups in total. The van der Waals surface area contributed by atoms with Crippen LogP contribution in [-0.2, 0) is 6.54 Å². The summed E-state index contributed by atoms with van der Waals surface area (Å²) in [5, 5.41) is 3.68. The van der Waals surface area contributed by atoms with Crippen LogP contribution in [0, 0.1) is 12.8 Å². The van der Waals surface area contributed by atoms with Gasteiger partial charge in [-0.3, -0.25) is 9.88 Å². The lowest BCUT2D eigenvalue weighted by Gasteiger charge is -2.35. The SMILES string of the molecule is Cc1ccc(CN2CCCC(C3CCCN3)C2)nc1. The number of aromatic nitrogens is 1. The van der Waals surface area contributed by atoms with Crippen molar-refractivity contribution in [2.45, 2.75) is 45.2 Å². The zero-order chi connectivity index (χ0) is 13.1. The summed E-state index contributed by atoms with van der Waals surface area (Å²) in [7, 11) is 0. The second-order valence-electron chi connectivity index (χ2n) is 6.17. The maximum Gasteiger partial charge on any atom is 0.0544 e. The van der Waals surface area contributed by atoms with E-state index < -0.39 is 0 Å². The molecule has 1 aromatic rings. The average Bonchev–Trinajstić information content (AvgIpc) is 2.96. The highest BCUT2D eigenvalue weighted by atomic mass is 15.1. The van der Waals surface area contributed by atoms with Gasteiger partial charge in [0.15, 0.2) is 0 Å². The molecular weight excluding hydrogens is 234 g/mol. The molecule has 0 bridgehead atoms. The van der Waals surface area contributed by atoms with E-state index in [1.165, 1.54) is 56.6 Å². The molecule has 3 rings (SSSR count). The Labute approximate surface area is 116 Å². The molecule has 0 radical (unpaired) electrons. The second kappa shape index (κ2) is 6.02. The van der Waals surface area contributed by atoms with E-state index >= 15 is 0 Å². The highest BCUT2D eigenvalue weighted by Gasteiger charge is 2.28. The molecule has 2 saturated heterocycles. The lowest BCUT2D eigenvalue weighted by Crippen LogP contribution is -2.43. The van der Waals surface area contributed by atoms with Crippen LogP contribution in [0.15, 0.2) is 18.3 Å². The van der Waals surface area contributed by atoms with Gasteiger partial charge >= 0.3 is 0 Å². The number of piperidine rings is 1. The Morgan fingerprint density at radius 1 is 1.32 bits per heavy atom. The summed E-state index contributed by atoms with van der Waals surface area (Å²) in [5.74, 6) is 0.849. The van der Waals surface area contributed by atoms with E-state index in [1.54, 1.807) is 0 Å². The molecule has 3 nitrogen and oxygen atoms in total. The Morgan fingerprint density at radius 2 is 2.26 bits per heavy atom. The van der Waals surface area contributed by atoms with E-state index in [1.807, 2.05) is 6.20 Å². The number of hydrogen-bond acceptors (Lipinski definition) is 3. The molecule has 2 fully saturated rings. The van der Waals surface area contributed by atoms with Crippen LogP contribution in [-0.4, -0.2) is 35.6 Å². The van der Waals surface area contributed by atoms with Gasteiger partial charge in [0.2, 0.25) is 0 Å². The summed E-state index contributed by atoms with van der Waals surface area (Å²) in [6.07, 6.45) is 7.46. The highest BCUT2D eigenvalue weighted by Crippen LogP contribution is 2.25. The van der Waals surface area contributed by atoms with Crippen LogP contribution >= 0.6 is 0 Å². The van der Waals surface area contributed by atoms with Gasteiger partial charge in [0.1, 0.15) is 0 Å². The van der Waals surface area contributed by atoms with Gasteiger partial charge < -0.3 is 5.32 Å². The fourth-order valence-electron chi connectivity index (χ4n) is 3.50. The Bertz CT molecular complexity index is 395. The fraction of sp³-hybridized carbons (Fsp3) is 0.688. The van der Waals surface area contributed by atoms with Crippen molar-refractivity contribution >= 4 is 0 Å². The van der Waals surface area contributed by atoms with E-state index in [-0.39, 0.29) is 0 Å². The van der Waals surface area contributed by atoms with Gasteiger partial charge in [0, 0.05) is 25.3 Å². The smallest absolute Gasteiger partial charge is 0.0544 e. The van der Waals surface area contributed by atoms with Crippen molar-refractivity contribution in [1.29, 1.82) is 0 Å². The van der Waals surface area contributed by atoms with Crippen LogP contribution in [0.25, 0.3) is 0 Å². The third-order valence-corrected chi connectivity index (χ3v) is 4.57. The van der Waals surface area contributed by atoms with Crippen molar-refractivity contribution in [3.8, 4) is 0 Å². The van der Waals surface area contributed by atoms with Crippen LogP contribution < -0.4 is 5.32 Å². The van der Waals surface area contributed by atoms with Crippen molar-refractivity contribution in [2.24, 2.45) is 5.92 Å². The van der Waals surface area contributed by atoms with Crippen molar-refractivity contribution in [3.05, 3.63) is 29.6 Å². The standard InChI is InChI=1S/C16H25N3/c1-13-6-7-15(18-10-13)12-19-9-3-4-14(11-19)16-5-2-8-17-16/h6-7,10,14,16-17H,2-5,8-9,11-12H2,1H3. The molecule has 2 aliphatic rings. The lowest BCUT2D eigenvalue weighted by molar-refractivity contribution is 0.144. The van der Waals surface area contributed by atoms with E-state index in [4.69, 9.17) is 0 Å². The lowest BCUT2D eigenvalue weighted by atomic mass is 9.90. The normalized spacial score (nSPS) is 28.7. The molecule has 1 aromatic heterocycles. The largest absolute Gasteiger partial charge is 0.314 e. The molecule has 0 spiro atoms. The summed E-state index contributed by atoms with van der Waals surface area (Å²) in [5.41, 5.74) is 2.46. The number of hydrogen-bond donors (Lipinski definition) is 1. The molecule has 0 saturated carbocycles. The predicted molar refractivity (Wildman–Crippen MR) is 78.0 cm³/mol. The molecule has 0 amide bonds. The van der Waals surface area contributed by atoms with Crippen LogP contribution in [0.3, 0.4) is 0 Å². The van der Waals surface area contributed by atoms with Gasteiger partial charge in [0.25, 0.3) is 0 Å². The van der Waals surface area contributed by atoms with E-state index in [0.29, 0.717) is 0 Å². The number of likely N-dealkylation sites (tertiary alicyclic amines) is 1. The number of pyridine rings is 1. The third-order valence-electron chi connectivity index (χ3n) is 4.57. The third kappa shape index (κ3) is 3.34. The van der Waals surface area contributed by atoms with Crippen molar-refractivity contribution in [3.63, 3.8) is 0 Å². The zero-order valence-corrected chi connectivity index (χ0v) is 11.9. The molecule has 2 atom stereocenters. The van der Waals surface area contributed by atoms with Crippen molar-refractivity contribution < 1.29 is 0 Å². The maximum atomic E-state index is 4.54. The fourth-order valence-corrected chi connectivity index (χ4v) is 3.50. The Morgan fingerprint density at radius 3 is 3.00 bits per heavy atom. The first kappa shape index (κ1) is 13.1. The molecule has 3 heteroatoms. The van der Waals surface area contributed by atoms with Gasteiger partial charge in [0.05, 0.1) is 5.69 Å². The van der Waals surface area contributed by atoms with Crippen LogP contribution in [0.1, 0.15) is 36.9 Å². The molecule has 104 valence electrons. The second-order valence-corrected chi connectivity index (χ2v) is 6.17. The van der Waals surface area contributed by atoms with Gasteiger partial charge in [-0.25, -0.2) is 0 Å². The molecule has 19 heavy (non-hydrogen) atoms. The van der Waals surface area contributed by atoms with E-state index in [2.05, 4.69) is 34.3 Å².